The molecule has 5 nitrogen and oxygen atoms in total. The molecular weight excluding hydrogens is 412 g/mol. The van der Waals surface area contributed by atoms with Gasteiger partial charge in [0.25, 0.3) is 5.91 Å². The molecule has 0 spiro atoms. The monoisotopic (exact) mass is 444 g/mol. The fourth-order valence-corrected chi connectivity index (χ4v) is 3.40. The van der Waals surface area contributed by atoms with Gasteiger partial charge in [0, 0.05) is 18.1 Å². The molecule has 0 unspecified atom stereocenters. The van der Waals surface area contributed by atoms with Crippen molar-refractivity contribution in [3.63, 3.8) is 0 Å². The van der Waals surface area contributed by atoms with Crippen LogP contribution in [0.3, 0.4) is 0 Å². The molecular formula is C25H33ClN2O3. The van der Waals surface area contributed by atoms with Crippen LogP contribution in [-0.4, -0.2) is 35.9 Å². The zero-order chi connectivity index (χ0) is 22.8. The van der Waals surface area contributed by atoms with Crippen LogP contribution < -0.4 is 10.1 Å². The lowest BCUT2D eigenvalue weighted by molar-refractivity contribution is -0.143. The van der Waals surface area contributed by atoms with Crippen molar-refractivity contribution in [2.24, 2.45) is 5.92 Å². The number of carbonyl (C=O) groups excluding carboxylic acids is 2. The summed E-state index contributed by atoms with van der Waals surface area (Å²) in [6, 6.07) is 14.4. The van der Waals surface area contributed by atoms with Crippen LogP contribution in [0.5, 0.6) is 5.75 Å². The smallest absolute Gasteiger partial charge is 0.261 e. The first-order valence-electron chi connectivity index (χ1n) is 10.9. The summed E-state index contributed by atoms with van der Waals surface area (Å²) in [6.07, 6.45) is 1.43. The van der Waals surface area contributed by atoms with Gasteiger partial charge in [-0.15, -0.1) is 0 Å². The van der Waals surface area contributed by atoms with E-state index in [0.717, 1.165) is 12.0 Å². The Balaban J connectivity index is 2.18. The average Bonchev–Trinajstić information content (AvgIpc) is 2.77. The van der Waals surface area contributed by atoms with Crippen molar-refractivity contribution in [1.29, 1.82) is 0 Å². The molecule has 2 aromatic rings. The van der Waals surface area contributed by atoms with Gasteiger partial charge in [0.05, 0.1) is 0 Å². The topological polar surface area (TPSA) is 58.6 Å². The quantitative estimate of drug-likeness (QED) is 0.538. The molecule has 0 radical (unpaired) electrons. The molecule has 0 saturated carbocycles. The summed E-state index contributed by atoms with van der Waals surface area (Å²) >= 11 is 6.33. The van der Waals surface area contributed by atoms with E-state index in [2.05, 4.69) is 12.2 Å². The van der Waals surface area contributed by atoms with Crippen LogP contribution in [0, 0.1) is 5.92 Å². The summed E-state index contributed by atoms with van der Waals surface area (Å²) in [5, 5.41) is 3.51. The molecule has 1 atom stereocenters. The van der Waals surface area contributed by atoms with Crippen molar-refractivity contribution in [3.8, 4) is 5.75 Å². The maximum absolute atomic E-state index is 13.2. The van der Waals surface area contributed by atoms with Gasteiger partial charge in [-0.05, 0) is 48.1 Å². The minimum absolute atomic E-state index is 0.149. The Morgan fingerprint density at radius 1 is 1.06 bits per heavy atom. The van der Waals surface area contributed by atoms with Gasteiger partial charge in [-0.3, -0.25) is 9.59 Å². The van der Waals surface area contributed by atoms with E-state index in [9.17, 15) is 9.59 Å². The largest absolute Gasteiger partial charge is 0.484 e. The first-order chi connectivity index (χ1) is 14.8. The molecule has 0 fully saturated rings. The van der Waals surface area contributed by atoms with Crippen molar-refractivity contribution in [1.82, 2.24) is 10.2 Å². The number of halogens is 1. The highest BCUT2D eigenvalue weighted by atomic mass is 35.5. The average molecular weight is 445 g/mol. The van der Waals surface area contributed by atoms with Crippen molar-refractivity contribution in [3.05, 3.63) is 64.7 Å². The molecule has 0 aliphatic heterocycles. The van der Waals surface area contributed by atoms with Gasteiger partial charge in [0.2, 0.25) is 5.91 Å². The third kappa shape index (κ3) is 7.59. The SMILES string of the molecule is CCc1ccc(OCC(=O)N(Cc2ccccc2Cl)[C@@H](CC)C(=O)NCC(C)C)cc1. The van der Waals surface area contributed by atoms with Crippen molar-refractivity contribution in [2.75, 3.05) is 13.2 Å². The minimum Gasteiger partial charge on any atom is -0.484 e. The molecule has 0 heterocycles. The molecule has 0 bridgehead atoms. The normalized spacial score (nSPS) is 11.8. The number of hydrogen-bond donors (Lipinski definition) is 1. The molecule has 2 rings (SSSR count). The van der Waals surface area contributed by atoms with Crippen LogP contribution in [0.15, 0.2) is 48.5 Å². The molecule has 31 heavy (non-hydrogen) atoms. The maximum atomic E-state index is 13.2. The Kier molecular flexibility index (Phi) is 9.86. The summed E-state index contributed by atoms with van der Waals surface area (Å²) in [6.45, 7) is 8.70. The highest BCUT2D eigenvalue weighted by molar-refractivity contribution is 6.31. The number of carbonyl (C=O) groups is 2. The number of hydrogen-bond acceptors (Lipinski definition) is 3. The molecule has 168 valence electrons. The van der Waals surface area contributed by atoms with Crippen molar-refractivity contribution in [2.45, 2.75) is 53.1 Å². The van der Waals surface area contributed by atoms with E-state index < -0.39 is 6.04 Å². The molecule has 2 amide bonds. The van der Waals surface area contributed by atoms with Crippen LogP contribution in [0.1, 0.15) is 45.2 Å². The number of nitrogens with one attached hydrogen (secondary N) is 1. The summed E-state index contributed by atoms with van der Waals surface area (Å²) < 4.78 is 5.73. The Morgan fingerprint density at radius 3 is 2.32 bits per heavy atom. The summed E-state index contributed by atoms with van der Waals surface area (Å²) in [5.74, 6) is 0.527. The predicted molar refractivity (Wildman–Crippen MR) is 125 cm³/mol. The van der Waals surface area contributed by atoms with Gasteiger partial charge in [-0.1, -0.05) is 69.6 Å². The fraction of sp³-hybridized carbons (Fsp3) is 0.440. The van der Waals surface area contributed by atoms with E-state index in [0.29, 0.717) is 29.7 Å². The Hall–Kier alpha value is -2.53. The second kappa shape index (κ2) is 12.4. The number of nitrogens with zero attached hydrogens (tertiary/aromatic N) is 1. The van der Waals surface area contributed by atoms with E-state index in [1.54, 1.807) is 11.0 Å². The number of benzene rings is 2. The first-order valence-corrected chi connectivity index (χ1v) is 11.3. The second-order valence-corrected chi connectivity index (χ2v) is 8.37. The number of ether oxygens (including phenoxy) is 1. The van der Waals surface area contributed by atoms with Crippen molar-refractivity contribution >= 4 is 23.4 Å². The van der Waals surface area contributed by atoms with E-state index >= 15 is 0 Å². The van der Waals surface area contributed by atoms with Gasteiger partial charge in [-0.2, -0.15) is 0 Å². The number of rotatable bonds is 11. The number of aryl methyl sites for hydroxylation is 1. The van der Waals surface area contributed by atoms with Crippen LogP contribution in [0.4, 0.5) is 0 Å². The minimum atomic E-state index is -0.603. The van der Waals surface area contributed by atoms with Gasteiger partial charge >= 0.3 is 0 Å². The molecule has 0 aromatic heterocycles. The Bertz CT molecular complexity index is 852. The highest BCUT2D eigenvalue weighted by Crippen LogP contribution is 2.20. The maximum Gasteiger partial charge on any atom is 0.261 e. The standard InChI is InChI=1S/C25H33ClN2O3/c1-5-19-11-13-21(14-12-19)31-17-24(29)28(16-20-9-7-8-10-22(20)26)23(6-2)25(30)27-15-18(3)4/h7-14,18,23H,5-6,15-17H2,1-4H3,(H,27,30)/t23-/m0/s1. The van der Waals surface area contributed by atoms with Crippen LogP contribution in [0.25, 0.3) is 0 Å². The van der Waals surface area contributed by atoms with Crippen LogP contribution in [0.2, 0.25) is 5.02 Å². The number of amides is 2. The lowest BCUT2D eigenvalue weighted by Gasteiger charge is -2.31. The molecule has 6 heteroatoms. The van der Waals surface area contributed by atoms with Gasteiger partial charge in [0.15, 0.2) is 6.61 Å². The molecule has 0 aliphatic carbocycles. The van der Waals surface area contributed by atoms with Gasteiger partial charge in [0.1, 0.15) is 11.8 Å². The van der Waals surface area contributed by atoms with E-state index in [1.165, 1.54) is 5.56 Å². The van der Waals surface area contributed by atoms with Crippen LogP contribution >= 0.6 is 11.6 Å². The second-order valence-electron chi connectivity index (χ2n) is 7.96. The van der Waals surface area contributed by atoms with E-state index in [4.69, 9.17) is 16.3 Å². The Morgan fingerprint density at radius 2 is 1.74 bits per heavy atom. The van der Waals surface area contributed by atoms with Crippen molar-refractivity contribution < 1.29 is 14.3 Å². The summed E-state index contributed by atoms with van der Waals surface area (Å²) in [5.41, 5.74) is 1.99. The summed E-state index contributed by atoms with van der Waals surface area (Å²) in [4.78, 5) is 27.6. The van der Waals surface area contributed by atoms with E-state index in [-0.39, 0.29) is 25.0 Å². The molecule has 2 aromatic carbocycles. The fourth-order valence-electron chi connectivity index (χ4n) is 3.20. The van der Waals surface area contributed by atoms with Crippen LogP contribution in [-0.2, 0) is 22.6 Å². The lowest BCUT2D eigenvalue weighted by Crippen LogP contribution is -2.50. The Labute approximate surface area is 190 Å². The van der Waals surface area contributed by atoms with Gasteiger partial charge in [-0.25, -0.2) is 0 Å². The molecule has 1 N–H and O–H groups in total. The van der Waals surface area contributed by atoms with E-state index in [1.807, 2.05) is 63.2 Å². The zero-order valence-electron chi connectivity index (χ0n) is 18.9. The zero-order valence-corrected chi connectivity index (χ0v) is 19.6. The van der Waals surface area contributed by atoms with Gasteiger partial charge < -0.3 is 15.0 Å². The third-order valence-corrected chi connectivity index (χ3v) is 5.43. The molecule has 0 aliphatic rings. The highest BCUT2D eigenvalue weighted by Gasteiger charge is 2.29. The lowest BCUT2D eigenvalue weighted by atomic mass is 10.1. The molecule has 0 saturated heterocycles. The third-order valence-electron chi connectivity index (χ3n) is 5.06. The first kappa shape index (κ1) is 24.7. The summed E-state index contributed by atoms with van der Waals surface area (Å²) in [7, 11) is 0. The predicted octanol–water partition coefficient (Wildman–Crippen LogP) is 4.86.